The zero-order valence-corrected chi connectivity index (χ0v) is 85.2. The van der Waals surface area contributed by atoms with Crippen LogP contribution in [0.1, 0.15) is 165 Å². The first kappa shape index (κ1) is 78.4. The van der Waals surface area contributed by atoms with Crippen LogP contribution in [0.5, 0.6) is 0 Å². The Kier molecular flexibility index (Phi) is 20.7. The molecule has 15 nitrogen and oxygen atoms in total. The average Bonchev–Trinajstić information content (AvgIpc) is 1.58. The molecule has 2 fully saturated rings. The van der Waals surface area contributed by atoms with Gasteiger partial charge in [-0.05, 0) is 233 Å². The summed E-state index contributed by atoms with van der Waals surface area (Å²) in [7, 11) is 9.77. The Labute approximate surface area is 877 Å². The smallest absolute Gasteiger partial charge is 0.227 e. The molecule has 147 heavy (non-hydrogen) atoms. The van der Waals surface area contributed by atoms with Gasteiger partial charge in [0.1, 0.15) is 35.2 Å². The molecule has 27 rings (SSSR count). The number of para-hydroxylation sites is 5. The Morgan fingerprint density at radius 3 is 0.959 bits per heavy atom. The lowest BCUT2D eigenvalue weighted by Crippen LogP contribution is -2.31. The van der Waals surface area contributed by atoms with E-state index in [0.29, 0.717) is 78.1 Å². The number of hydrogen-bond acceptors (Lipinski definition) is 10. The lowest BCUT2D eigenvalue weighted by Gasteiger charge is -2.21. The van der Waals surface area contributed by atoms with Gasteiger partial charge in [0.2, 0.25) is 57.0 Å². The third-order valence-corrected chi connectivity index (χ3v) is 29.6. The molecule has 2 aliphatic rings. The third kappa shape index (κ3) is 17.9. The summed E-state index contributed by atoms with van der Waals surface area (Å²) in [5.41, 5.74) is 29.1. The van der Waals surface area contributed by atoms with Crippen molar-refractivity contribution in [2.24, 2.45) is 53.0 Å². The summed E-state index contributed by atoms with van der Waals surface area (Å²) in [5.74, 6) is 0.0204. The largest absolute Gasteiger partial charge is 0.437 e. The maximum absolute atomic E-state index is 9.00. The number of nitrogens with zero attached hydrogens (tertiary/aromatic N) is 10. The van der Waals surface area contributed by atoms with E-state index < -0.39 is 39.7 Å². The fraction of sp³-hybridized carbons (Fsp3) is 0.242. The summed E-state index contributed by atoms with van der Waals surface area (Å²) >= 11 is 0. The molecule has 0 saturated heterocycles. The standard InChI is InChI=1S/C29H29N2O.C28H27N2O.C26H25N2O.C25H23N2O.C24H21N2O/c1-19-12-13-23-24-18-22-10-6-7-11-25(22)30-29(24)32-28(23)27(19)26-17-21(14-15-31(26)2)16-20-8-4-3-5-9-20;1-18-11-12-22-23-17-21-9-5-6-10-24(21)29-28(23)31-27(22)26(18)25-16-20(13-14-30(25)2)15-19-7-3-4-8-19;1-16(2)13-18-11-12-28(4)23(14-18)24-17(3)9-10-20-21-15-19-7-5-6-8-22(19)27-26(21)29-25(20)24;1-14-11-21(27(5)13-17(14)4)23-16(3)10-15(2)22-19-12-18-8-6-7-9-20(18)26-25(19)28-24(22)23;1-14-9-10-26(4)20(11-14)22-16(3)12-15(2)21-18-13-17-7-5-6-8-19(17)25-24(18)27-23(21)22/h6-7,10-15,17-18,20H,3-5,8-9,16H2,1-2H3;5-6,9-14,16-17,19H,3-4,7-8,15H2,1-2H3;5-12,14-16H,13H2,1-4H3;6-13H,1-5H3;5-13H,1-4H3/q5*+1/i16D2;15D2;13D2;2D3,4D3;2D3. The molecule has 2 saturated carbocycles. The van der Waals surface area contributed by atoms with E-state index in [0.717, 1.165) is 256 Å². The van der Waals surface area contributed by atoms with Crippen LogP contribution < -0.4 is 22.8 Å². The van der Waals surface area contributed by atoms with Crippen LogP contribution in [0, 0.1) is 86.8 Å². The zero-order chi connectivity index (χ0) is 114. The highest BCUT2D eigenvalue weighted by Gasteiger charge is 2.32. The minimum absolute atomic E-state index is 0.0709. The monoisotopic (exact) mass is 1950 g/mol. The van der Waals surface area contributed by atoms with Crippen molar-refractivity contribution in [3.63, 3.8) is 0 Å². The molecule has 10 aromatic carbocycles. The molecule has 0 N–H and O–H groups in total. The van der Waals surface area contributed by atoms with Gasteiger partial charge in [-0.1, -0.05) is 211 Å². The van der Waals surface area contributed by atoms with Crippen molar-refractivity contribution in [1.82, 2.24) is 24.9 Å². The second kappa shape index (κ2) is 38.8. The first-order valence-corrected chi connectivity index (χ1v) is 50.9. The number of furan rings is 5. The quantitative estimate of drug-likeness (QED) is 0.115. The minimum atomic E-state index is -2.35. The molecule has 0 atom stereocenters. The van der Waals surface area contributed by atoms with E-state index in [4.69, 9.17) is 57.6 Å². The molecular weight excluding hydrogens is 1810 g/mol. The van der Waals surface area contributed by atoms with Crippen LogP contribution >= 0.6 is 0 Å². The Morgan fingerprint density at radius 1 is 0.286 bits per heavy atom. The van der Waals surface area contributed by atoms with E-state index in [9.17, 15) is 0 Å². The van der Waals surface area contributed by atoms with Gasteiger partial charge in [-0.3, -0.25) is 0 Å². The first-order valence-electron chi connectivity index (χ1n) is 58.4. The van der Waals surface area contributed by atoms with Gasteiger partial charge in [0.05, 0.1) is 55.4 Å². The SMILES string of the molecule is [2H]C([2H])([2H])c1c[n+](C)c(-c2c(C)cc(C([2H])([2H])[2H])c3c2oc2nc4ccccc4cc23)cc1C.[2H]C([2H])([2H])c1cc(C)c(-c2cc(C)cc[n+]2C)c2oc3nc4ccccc4cc3c12.[2H]C([2H])(c1cc[n+](C)c(-c2c(C)ccc3c2oc2nc4ccccc4cc23)c1)C(C)C.[2H]C([2H])(c1cc[n+](C)c(-c2c(C)ccc3c2oc2nc4ccccc4cc23)c1)C1CCCC1.[2H]C([2H])(c1cc[n+](C)c(-c2c(C)ccc3c2oc2nc4ccccc4cc23)c1)C1CCCCC1. The fourth-order valence-electron chi connectivity index (χ4n) is 22.0. The summed E-state index contributed by atoms with van der Waals surface area (Å²) in [4.78, 5) is 23.7. The summed E-state index contributed by atoms with van der Waals surface area (Å²) < 4.78 is 167. The number of pyridine rings is 10. The summed E-state index contributed by atoms with van der Waals surface area (Å²) in [6, 6.07) is 83.8. The predicted molar refractivity (Wildman–Crippen MR) is 600 cm³/mol. The lowest BCUT2D eigenvalue weighted by atomic mass is 9.85. The van der Waals surface area contributed by atoms with Crippen LogP contribution in [-0.2, 0) is 54.4 Å². The lowest BCUT2D eigenvalue weighted by molar-refractivity contribution is -0.660. The van der Waals surface area contributed by atoms with Gasteiger partial charge in [0, 0.05) is 162 Å². The van der Waals surface area contributed by atoms with Crippen LogP contribution in [0.2, 0.25) is 0 Å². The van der Waals surface area contributed by atoms with Crippen molar-refractivity contribution in [2.45, 2.75) is 160 Å². The predicted octanol–water partition coefficient (Wildman–Crippen LogP) is 31.3. The van der Waals surface area contributed by atoms with Crippen molar-refractivity contribution in [3.8, 4) is 56.3 Å². The second-order valence-corrected chi connectivity index (χ2v) is 40.4. The van der Waals surface area contributed by atoms with Crippen molar-refractivity contribution in [1.29, 1.82) is 0 Å². The Bertz CT molecular complexity index is 10300. The Morgan fingerprint density at radius 2 is 0.592 bits per heavy atom. The average molecular weight is 1950 g/mol. The Hall–Kier alpha value is -16.0. The molecule has 0 aliphatic heterocycles. The summed E-state index contributed by atoms with van der Waals surface area (Å²) in [5, 5.41) is 13.7. The molecule has 0 spiro atoms. The molecule has 15 heterocycles. The summed E-state index contributed by atoms with van der Waals surface area (Å²) in [6.07, 6.45) is 14.9. The fourth-order valence-corrected chi connectivity index (χ4v) is 22.0. The van der Waals surface area contributed by atoms with Gasteiger partial charge in [0.25, 0.3) is 0 Å². The highest BCUT2D eigenvalue weighted by molar-refractivity contribution is 6.17. The maximum atomic E-state index is 9.00. The Balaban J connectivity index is 0.000000109. The van der Waals surface area contributed by atoms with Crippen molar-refractivity contribution < 1.29 is 65.5 Å². The van der Waals surface area contributed by atoms with E-state index in [1.807, 2.05) is 261 Å². The van der Waals surface area contributed by atoms with Crippen LogP contribution in [0.25, 0.3) is 221 Å². The topological polar surface area (TPSA) is 150 Å². The molecule has 25 aromatic rings. The number of aromatic nitrogens is 10. The molecule has 2 aliphatic carbocycles. The number of rotatable bonds is 11. The van der Waals surface area contributed by atoms with Gasteiger partial charge in [-0.15, -0.1) is 0 Å². The first-order chi connectivity index (χ1) is 77.2. The minimum Gasteiger partial charge on any atom is -0.437 e. The van der Waals surface area contributed by atoms with Crippen LogP contribution in [0.15, 0.2) is 308 Å². The summed E-state index contributed by atoms with van der Waals surface area (Å²) in [6.45, 7) is 10.8. The van der Waals surface area contributed by atoms with Gasteiger partial charge < -0.3 is 22.1 Å². The number of hydrogen-bond donors (Lipinski definition) is 0. The van der Waals surface area contributed by atoms with E-state index in [1.165, 1.54) is 6.42 Å². The van der Waals surface area contributed by atoms with Gasteiger partial charge >= 0.3 is 0 Å². The number of aryl methyl sites for hydroxylation is 15. The van der Waals surface area contributed by atoms with Gasteiger partial charge in [-0.25, -0.2) is 47.8 Å². The highest BCUT2D eigenvalue weighted by atomic mass is 16.4. The van der Waals surface area contributed by atoms with Crippen molar-refractivity contribution in [3.05, 3.63) is 358 Å². The van der Waals surface area contributed by atoms with Crippen molar-refractivity contribution >= 4 is 165 Å². The molecular formula is C132H125N10O5+5. The normalized spacial score (nSPS) is 15.2. The van der Waals surface area contributed by atoms with Crippen LogP contribution in [-0.4, -0.2) is 24.9 Å². The highest BCUT2D eigenvalue weighted by Crippen LogP contribution is 2.47. The van der Waals surface area contributed by atoms with Crippen molar-refractivity contribution in [2.75, 3.05) is 0 Å². The van der Waals surface area contributed by atoms with E-state index in [-0.39, 0.29) is 28.9 Å². The third-order valence-electron chi connectivity index (χ3n) is 29.6. The van der Waals surface area contributed by atoms with E-state index >= 15 is 0 Å². The molecule has 0 bridgehead atoms. The zero-order valence-electron chi connectivity index (χ0n) is 100. The maximum Gasteiger partial charge on any atom is 0.227 e. The second-order valence-electron chi connectivity index (χ2n) is 40.4. The molecule has 728 valence electrons. The van der Waals surface area contributed by atoms with E-state index in [2.05, 4.69) is 119 Å². The molecule has 0 radical (unpaired) electrons. The molecule has 15 heteroatoms. The molecule has 0 amide bonds. The van der Waals surface area contributed by atoms with Crippen LogP contribution in [0.3, 0.4) is 0 Å². The molecule has 15 aromatic heterocycles. The van der Waals surface area contributed by atoms with Gasteiger partial charge in [-0.2, -0.15) is 0 Å². The molecule has 0 unspecified atom stereocenters. The van der Waals surface area contributed by atoms with E-state index in [1.54, 1.807) is 36.9 Å². The number of fused-ring (bicyclic) bond motifs is 20. The van der Waals surface area contributed by atoms with Gasteiger partial charge in [0.15, 0.2) is 58.9 Å². The number of benzene rings is 10. The van der Waals surface area contributed by atoms with Crippen LogP contribution in [0.4, 0.5) is 0 Å².